The summed E-state index contributed by atoms with van der Waals surface area (Å²) in [6, 6.07) is 3.59. The number of ether oxygens (including phenoxy) is 1. The Bertz CT molecular complexity index is 512. The number of sulfonamides is 1. The third-order valence-electron chi connectivity index (χ3n) is 3.53. The molecule has 0 radical (unpaired) electrons. The first-order chi connectivity index (χ1) is 9.55. The fourth-order valence-corrected chi connectivity index (χ4v) is 3.77. The van der Waals surface area contributed by atoms with Crippen molar-refractivity contribution < 1.29 is 18.3 Å². The average molecular weight is 300 g/mol. The van der Waals surface area contributed by atoms with Crippen LogP contribution in [0.5, 0.6) is 0 Å². The first-order valence-corrected chi connectivity index (χ1v) is 8.30. The van der Waals surface area contributed by atoms with Crippen molar-refractivity contribution in [2.24, 2.45) is 0 Å². The van der Waals surface area contributed by atoms with Crippen LogP contribution in [0, 0.1) is 0 Å². The van der Waals surface area contributed by atoms with Gasteiger partial charge in [0.25, 0.3) is 0 Å². The minimum Gasteiger partial charge on any atom is -0.394 e. The maximum Gasteiger partial charge on any atom is 0.212 e. The SMILES string of the molecule is O=S(=O)(CCc1ccncc1)NC1(CO)CCOCC1. The summed E-state index contributed by atoms with van der Waals surface area (Å²) in [4.78, 5) is 3.90. The average Bonchev–Trinajstić information content (AvgIpc) is 2.47. The molecule has 0 unspecified atom stereocenters. The highest BCUT2D eigenvalue weighted by Crippen LogP contribution is 2.21. The van der Waals surface area contributed by atoms with Crippen LogP contribution in [0.3, 0.4) is 0 Å². The number of aliphatic hydroxyl groups is 1. The van der Waals surface area contributed by atoms with Crippen LogP contribution in [0.1, 0.15) is 18.4 Å². The highest BCUT2D eigenvalue weighted by molar-refractivity contribution is 7.89. The first kappa shape index (κ1) is 15.4. The number of aliphatic hydroxyl groups excluding tert-OH is 1. The molecule has 112 valence electrons. The van der Waals surface area contributed by atoms with E-state index in [1.165, 1.54) is 0 Å². The lowest BCUT2D eigenvalue weighted by molar-refractivity contribution is 0.0223. The Hall–Kier alpha value is -1.02. The Morgan fingerprint density at radius 2 is 1.95 bits per heavy atom. The molecule has 0 saturated carbocycles. The molecule has 20 heavy (non-hydrogen) atoms. The molecular weight excluding hydrogens is 280 g/mol. The molecule has 0 bridgehead atoms. The van der Waals surface area contributed by atoms with Crippen LogP contribution in [0.15, 0.2) is 24.5 Å². The van der Waals surface area contributed by atoms with Crippen LogP contribution in [0.2, 0.25) is 0 Å². The molecule has 7 heteroatoms. The normalized spacial score (nSPS) is 18.9. The summed E-state index contributed by atoms with van der Waals surface area (Å²) < 4.78 is 32.2. The van der Waals surface area contributed by atoms with Gasteiger partial charge in [0.1, 0.15) is 0 Å². The van der Waals surface area contributed by atoms with E-state index in [0.717, 1.165) is 5.56 Å². The fourth-order valence-electron chi connectivity index (χ4n) is 2.24. The van der Waals surface area contributed by atoms with Crippen molar-refractivity contribution in [1.82, 2.24) is 9.71 Å². The summed E-state index contributed by atoms with van der Waals surface area (Å²) in [5.74, 6) is -0.000377. The van der Waals surface area contributed by atoms with E-state index in [2.05, 4.69) is 9.71 Å². The number of rotatable bonds is 6. The second-order valence-electron chi connectivity index (χ2n) is 5.08. The Kier molecular flexibility index (Phi) is 5.09. The highest BCUT2D eigenvalue weighted by atomic mass is 32.2. The van der Waals surface area contributed by atoms with Crippen LogP contribution in [-0.2, 0) is 21.2 Å². The van der Waals surface area contributed by atoms with E-state index in [-0.39, 0.29) is 12.4 Å². The zero-order valence-corrected chi connectivity index (χ0v) is 12.1. The van der Waals surface area contributed by atoms with Crippen molar-refractivity contribution in [3.8, 4) is 0 Å². The van der Waals surface area contributed by atoms with E-state index in [9.17, 15) is 13.5 Å². The molecule has 0 amide bonds. The summed E-state index contributed by atoms with van der Waals surface area (Å²) in [6.45, 7) is 0.728. The number of pyridine rings is 1. The van der Waals surface area contributed by atoms with Gasteiger partial charge in [-0.3, -0.25) is 4.98 Å². The Morgan fingerprint density at radius 1 is 1.30 bits per heavy atom. The van der Waals surface area contributed by atoms with Crippen LogP contribution in [0.25, 0.3) is 0 Å². The maximum absolute atomic E-state index is 12.2. The van der Waals surface area contributed by atoms with Crippen molar-refractivity contribution in [2.45, 2.75) is 24.8 Å². The van der Waals surface area contributed by atoms with Crippen LogP contribution >= 0.6 is 0 Å². The lowest BCUT2D eigenvalue weighted by Gasteiger charge is -2.35. The quantitative estimate of drug-likeness (QED) is 0.777. The Balaban J connectivity index is 1.96. The number of hydrogen-bond donors (Lipinski definition) is 2. The molecule has 1 aliphatic heterocycles. The van der Waals surface area contributed by atoms with Gasteiger partial charge in [-0.1, -0.05) is 0 Å². The zero-order chi connectivity index (χ0) is 14.5. The molecule has 2 heterocycles. The number of aromatic nitrogens is 1. The molecule has 0 aliphatic carbocycles. The maximum atomic E-state index is 12.2. The number of hydrogen-bond acceptors (Lipinski definition) is 5. The van der Waals surface area contributed by atoms with Gasteiger partial charge in [-0.25, -0.2) is 13.1 Å². The number of aryl methyl sites for hydroxylation is 1. The molecule has 0 atom stereocenters. The first-order valence-electron chi connectivity index (χ1n) is 6.64. The van der Waals surface area contributed by atoms with Crippen LogP contribution in [-0.4, -0.2) is 49.6 Å². The number of nitrogens with zero attached hydrogens (tertiary/aromatic N) is 1. The molecular formula is C13H20N2O4S. The van der Waals surface area contributed by atoms with E-state index in [1.807, 2.05) is 0 Å². The Labute approximate surface area is 119 Å². The molecule has 2 rings (SSSR count). The molecule has 0 aromatic carbocycles. The van der Waals surface area contributed by atoms with Crippen molar-refractivity contribution in [1.29, 1.82) is 0 Å². The van der Waals surface area contributed by atoms with Gasteiger partial charge >= 0.3 is 0 Å². The van der Waals surface area contributed by atoms with E-state index in [4.69, 9.17) is 4.74 Å². The van der Waals surface area contributed by atoms with E-state index in [0.29, 0.717) is 32.5 Å². The minimum atomic E-state index is -3.44. The van der Waals surface area contributed by atoms with Crippen molar-refractivity contribution in [3.05, 3.63) is 30.1 Å². The van der Waals surface area contributed by atoms with Crippen LogP contribution < -0.4 is 4.72 Å². The smallest absolute Gasteiger partial charge is 0.212 e. The molecule has 1 aliphatic rings. The standard InChI is InChI=1S/C13H20N2O4S/c16-11-13(4-8-19-9-5-13)15-20(17,18)10-3-12-1-6-14-7-2-12/h1-2,6-7,15-16H,3-5,8-11H2. The minimum absolute atomic E-state index is 0.000377. The van der Waals surface area contributed by atoms with Gasteiger partial charge in [-0.2, -0.15) is 0 Å². The molecule has 1 aromatic rings. The zero-order valence-electron chi connectivity index (χ0n) is 11.3. The predicted molar refractivity (Wildman–Crippen MR) is 74.7 cm³/mol. The van der Waals surface area contributed by atoms with Crippen molar-refractivity contribution in [2.75, 3.05) is 25.6 Å². The molecule has 1 saturated heterocycles. The van der Waals surface area contributed by atoms with Gasteiger partial charge in [0, 0.05) is 25.6 Å². The fraction of sp³-hybridized carbons (Fsp3) is 0.615. The third kappa shape index (κ3) is 4.24. The molecule has 0 spiro atoms. The van der Waals surface area contributed by atoms with Crippen LogP contribution in [0.4, 0.5) is 0 Å². The largest absolute Gasteiger partial charge is 0.394 e. The summed E-state index contributed by atoms with van der Waals surface area (Å²) >= 11 is 0. The Morgan fingerprint density at radius 3 is 2.55 bits per heavy atom. The third-order valence-corrected chi connectivity index (χ3v) is 5.02. The summed E-state index contributed by atoms with van der Waals surface area (Å²) in [5.41, 5.74) is 0.158. The van der Waals surface area contributed by atoms with Gasteiger partial charge in [0.2, 0.25) is 10.0 Å². The predicted octanol–water partition coefficient (Wildman–Crippen LogP) is 0.0850. The summed E-state index contributed by atoms with van der Waals surface area (Å²) in [7, 11) is -3.44. The second kappa shape index (κ2) is 6.62. The number of nitrogens with one attached hydrogen (secondary N) is 1. The van der Waals surface area contributed by atoms with E-state index in [1.54, 1.807) is 24.5 Å². The lowest BCUT2D eigenvalue weighted by Crippen LogP contribution is -2.55. The molecule has 6 nitrogen and oxygen atoms in total. The van der Waals surface area contributed by atoms with E-state index < -0.39 is 15.6 Å². The molecule has 1 fully saturated rings. The van der Waals surface area contributed by atoms with Crippen molar-refractivity contribution in [3.63, 3.8) is 0 Å². The van der Waals surface area contributed by atoms with E-state index >= 15 is 0 Å². The van der Waals surface area contributed by atoms with Gasteiger partial charge < -0.3 is 9.84 Å². The highest BCUT2D eigenvalue weighted by Gasteiger charge is 2.35. The molecule has 2 N–H and O–H groups in total. The summed E-state index contributed by atoms with van der Waals surface area (Å²) in [6.07, 6.45) is 4.71. The van der Waals surface area contributed by atoms with Gasteiger partial charge in [0.05, 0.1) is 17.9 Å². The summed E-state index contributed by atoms with van der Waals surface area (Å²) in [5, 5.41) is 9.50. The lowest BCUT2D eigenvalue weighted by atomic mass is 9.93. The van der Waals surface area contributed by atoms with Gasteiger partial charge in [-0.15, -0.1) is 0 Å². The van der Waals surface area contributed by atoms with Crippen molar-refractivity contribution >= 4 is 10.0 Å². The molecule has 1 aromatic heterocycles. The second-order valence-corrected chi connectivity index (χ2v) is 6.92. The monoisotopic (exact) mass is 300 g/mol. The van der Waals surface area contributed by atoms with Gasteiger partial charge in [-0.05, 0) is 37.0 Å². The topological polar surface area (TPSA) is 88.5 Å². The van der Waals surface area contributed by atoms with Gasteiger partial charge in [0.15, 0.2) is 0 Å².